The van der Waals surface area contributed by atoms with Crippen LogP contribution < -0.4 is 0 Å². The predicted molar refractivity (Wildman–Crippen MR) is 92.2 cm³/mol. The van der Waals surface area contributed by atoms with E-state index in [9.17, 15) is 4.79 Å². The zero-order valence-corrected chi connectivity index (χ0v) is 14.4. The molecule has 1 atom stereocenters. The predicted octanol–water partition coefficient (Wildman–Crippen LogP) is 2.91. The van der Waals surface area contributed by atoms with Gasteiger partial charge in [-0.3, -0.25) is 9.78 Å². The zero-order valence-electron chi connectivity index (χ0n) is 14.4. The first-order chi connectivity index (χ1) is 11.1. The third kappa shape index (κ3) is 4.11. The topological polar surface area (TPSA) is 36.4 Å². The maximum absolute atomic E-state index is 12.5. The zero-order chi connectivity index (χ0) is 16.2. The Labute approximate surface area is 139 Å². The molecule has 2 fully saturated rings. The van der Waals surface area contributed by atoms with Crippen molar-refractivity contribution in [2.75, 3.05) is 32.7 Å². The molecule has 2 aliphatic heterocycles. The average molecular weight is 315 g/mol. The van der Waals surface area contributed by atoms with Gasteiger partial charge < -0.3 is 9.80 Å². The van der Waals surface area contributed by atoms with Crippen LogP contribution in [-0.4, -0.2) is 53.4 Å². The number of carbonyl (C=O) groups is 1. The highest BCUT2D eigenvalue weighted by Gasteiger charge is 2.33. The normalized spacial score (nSPS) is 23.6. The molecule has 4 nitrogen and oxygen atoms in total. The van der Waals surface area contributed by atoms with Gasteiger partial charge in [0.15, 0.2) is 0 Å². The Kier molecular flexibility index (Phi) is 5.31. The molecule has 0 saturated carbocycles. The van der Waals surface area contributed by atoms with Crippen molar-refractivity contribution < 1.29 is 4.79 Å². The van der Waals surface area contributed by atoms with Gasteiger partial charge in [0.05, 0.1) is 0 Å². The van der Waals surface area contributed by atoms with E-state index >= 15 is 0 Å². The molecule has 23 heavy (non-hydrogen) atoms. The fraction of sp³-hybridized carbons (Fsp3) is 0.684. The number of hydrogen-bond donors (Lipinski definition) is 0. The number of rotatable bonds is 4. The van der Waals surface area contributed by atoms with E-state index in [1.54, 1.807) is 12.4 Å². The average Bonchev–Trinajstić information content (AvgIpc) is 3.05. The number of nitrogens with zero attached hydrogens (tertiary/aromatic N) is 3. The SMILES string of the molecule is CC(C)CN1CCC(C2CCN(C(=O)c3ccncc3)C2)CC1. The smallest absolute Gasteiger partial charge is 0.253 e. The first-order valence-electron chi connectivity index (χ1n) is 9.05. The molecule has 1 amide bonds. The molecule has 0 bridgehead atoms. The minimum Gasteiger partial charge on any atom is -0.338 e. The molecule has 0 spiro atoms. The summed E-state index contributed by atoms with van der Waals surface area (Å²) in [5.74, 6) is 2.43. The fourth-order valence-electron chi connectivity index (χ4n) is 4.16. The van der Waals surface area contributed by atoms with E-state index in [-0.39, 0.29) is 5.91 Å². The van der Waals surface area contributed by atoms with E-state index in [0.29, 0.717) is 5.92 Å². The lowest BCUT2D eigenvalue weighted by Crippen LogP contribution is -2.39. The van der Waals surface area contributed by atoms with Gasteiger partial charge >= 0.3 is 0 Å². The van der Waals surface area contributed by atoms with E-state index in [2.05, 4.69) is 23.7 Å². The number of likely N-dealkylation sites (tertiary alicyclic amines) is 2. The molecule has 2 saturated heterocycles. The van der Waals surface area contributed by atoms with Crippen LogP contribution in [0.5, 0.6) is 0 Å². The van der Waals surface area contributed by atoms with Crippen LogP contribution >= 0.6 is 0 Å². The summed E-state index contributed by atoms with van der Waals surface area (Å²) in [7, 11) is 0. The van der Waals surface area contributed by atoms with Crippen LogP contribution in [-0.2, 0) is 0 Å². The van der Waals surface area contributed by atoms with Crippen molar-refractivity contribution >= 4 is 5.91 Å². The molecule has 0 radical (unpaired) electrons. The minimum atomic E-state index is 0.173. The third-order valence-electron chi connectivity index (χ3n) is 5.36. The highest BCUT2D eigenvalue weighted by Crippen LogP contribution is 2.32. The molecule has 1 aromatic rings. The summed E-state index contributed by atoms with van der Waals surface area (Å²) in [6.07, 6.45) is 7.17. The molecule has 126 valence electrons. The van der Waals surface area contributed by atoms with E-state index in [0.717, 1.165) is 30.5 Å². The number of aromatic nitrogens is 1. The van der Waals surface area contributed by atoms with E-state index in [4.69, 9.17) is 0 Å². The van der Waals surface area contributed by atoms with E-state index < -0.39 is 0 Å². The molecular weight excluding hydrogens is 286 g/mol. The van der Waals surface area contributed by atoms with Gasteiger partial charge in [-0.15, -0.1) is 0 Å². The molecule has 1 aromatic heterocycles. The van der Waals surface area contributed by atoms with Crippen LogP contribution in [0.4, 0.5) is 0 Å². The highest BCUT2D eigenvalue weighted by molar-refractivity contribution is 5.94. The van der Waals surface area contributed by atoms with Crippen molar-refractivity contribution in [1.29, 1.82) is 0 Å². The summed E-state index contributed by atoms with van der Waals surface area (Å²) in [5.41, 5.74) is 0.771. The Hall–Kier alpha value is -1.42. The van der Waals surface area contributed by atoms with Gasteiger partial charge in [0, 0.05) is 37.6 Å². The second kappa shape index (κ2) is 7.43. The largest absolute Gasteiger partial charge is 0.338 e. The highest BCUT2D eigenvalue weighted by atomic mass is 16.2. The van der Waals surface area contributed by atoms with Crippen LogP contribution in [0.3, 0.4) is 0 Å². The number of amides is 1. The first-order valence-corrected chi connectivity index (χ1v) is 9.05. The van der Waals surface area contributed by atoms with Gasteiger partial charge in [-0.25, -0.2) is 0 Å². The van der Waals surface area contributed by atoms with Crippen LogP contribution in [0.25, 0.3) is 0 Å². The van der Waals surface area contributed by atoms with E-state index in [1.165, 1.54) is 38.9 Å². The van der Waals surface area contributed by atoms with Crippen LogP contribution in [0.1, 0.15) is 43.5 Å². The van der Waals surface area contributed by atoms with Crippen LogP contribution in [0, 0.1) is 17.8 Å². The maximum atomic E-state index is 12.5. The lowest BCUT2D eigenvalue weighted by Gasteiger charge is -2.35. The van der Waals surface area contributed by atoms with Crippen LogP contribution in [0.15, 0.2) is 24.5 Å². The van der Waals surface area contributed by atoms with Crippen molar-refractivity contribution in [2.24, 2.45) is 17.8 Å². The Balaban J connectivity index is 1.50. The Morgan fingerprint density at radius 3 is 2.43 bits per heavy atom. The number of hydrogen-bond acceptors (Lipinski definition) is 3. The number of piperidine rings is 1. The fourth-order valence-corrected chi connectivity index (χ4v) is 4.16. The van der Waals surface area contributed by atoms with Crippen LogP contribution in [0.2, 0.25) is 0 Å². The summed E-state index contributed by atoms with van der Waals surface area (Å²) < 4.78 is 0. The molecule has 3 rings (SSSR count). The molecule has 4 heteroatoms. The Bertz CT molecular complexity index is 509. The second-order valence-corrected chi connectivity index (χ2v) is 7.57. The molecular formula is C19H29N3O. The van der Waals surface area contributed by atoms with E-state index in [1.807, 2.05) is 17.0 Å². The third-order valence-corrected chi connectivity index (χ3v) is 5.36. The summed E-state index contributed by atoms with van der Waals surface area (Å²) >= 11 is 0. The summed E-state index contributed by atoms with van der Waals surface area (Å²) in [6.45, 7) is 10.1. The second-order valence-electron chi connectivity index (χ2n) is 7.57. The first kappa shape index (κ1) is 16.4. The summed E-state index contributed by atoms with van der Waals surface area (Å²) in [4.78, 5) is 21.2. The maximum Gasteiger partial charge on any atom is 0.253 e. The number of pyridine rings is 1. The van der Waals surface area contributed by atoms with Crippen molar-refractivity contribution in [3.63, 3.8) is 0 Å². The Morgan fingerprint density at radius 1 is 1.13 bits per heavy atom. The van der Waals surface area contributed by atoms with Crippen molar-refractivity contribution in [2.45, 2.75) is 33.1 Å². The molecule has 0 aliphatic carbocycles. The molecule has 0 aromatic carbocycles. The van der Waals surface area contributed by atoms with Crippen molar-refractivity contribution in [3.8, 4) is 0 Å². The lowest BCUT2D eigenvalue weighted by atomic mass is 9.83. The molecule has 1 unspecified atom stereocenters. The summed E-state index contributed by atoms with van der Waals surface area (Å²) in [6, 6.07) is 3.64. The number of carbonyl (C=O) groups excluding carboxylic acids is 1. The van der Waals surface area contributed by atoms with Gasteiger partial charge in [-0.05, 0) is 62.2 Å². The van der Waals surface area contributed by atoms with Gasteiger partial charge in [-0.2, -0.15) is 0 Å². The summed E-state index contributed by atoms with van der Waals surface area (Å²) in [5, 5.41) is 0. The van der Waals surface area contributed by atoms with Gasteiger partial charge in [0.2, 0.25) is 0 Å². The monoisotopic (exact) mass is 315 g/mol. The van der Waals surface area contributed by atoms with Gasteiger partial charge in [0.1, 0.15) is 0 Å². The quantitative estimate of drug-likeness (QED) is 0.857. The van der Waals surface area contributed by atoms with Crippen molar-refractivity contribution in [3.05, 3.63) is 30.1 Å². The lowest BCUT2D eigenvalue weighted by molar-refractivity contribution is 0.0772. The van der Waals surface area contributed by atoms with Crippen molar-refractivity contribution in [1.82, 2.24) is 14.8 Å². The molecule has 2 aliphatic rings. The van der Waals surface area contributed by atoms with Gasteiger partial charge in [-0.1, -0.05) is 13.8 Å². The molecule has 0 N–H and O–H groups in total. The molecule has 3 heterocycles. The standard InChI is InChI=1S/C19H29N3O/c1-15(2)13-21-10-5-16(6-11-21)18-7-12-22(14-18)19(23)17-3-8-20-9-4-17/h3-4,8-9,15-16,18H,5-7,10-14H2,1-2H3. The Morgan fingerprint density at radius 2 is 1.78 bits per heavy atom. The van der Waals surface area contributed by atoms with Gasteiger partial charge in [0.25, 0.3) is 5.91 Å². The minimum absolute atomic E-state index is 0.173.